The van der Waals surface area contributed by atoms with Crippen molar-refractivity contribution in [3.63, 3.8) is 0 Å². The van der Waals surface area contributed by atoms with Gasteiger partial charge in [0.05, 0.1) is 0 Å². The molecule has 2 unspecified atom stereocenters. The van der Waals surface area contributed by atoms with Gasteiger partial charge in [0.15, 0.2) is 0 Å². The summed E-state index contributed by atoms with van der Waals surface area (Å²) in [5.74, 6) is -0.277. The van der Waals surface area contributed by atoms with E-state index in [1.807, 2.05) is 20.8 Å². The summed E-state index contributed by atoms with van der Waals surface area (Å²) in [4.78, 5) is 13.7. The standard InChI is InChI=1S/C11H22N2O3/c1-8(14)13-6-5-12-7-9(13)10(15)16-11(2,3)4/h8-9,12,14H,5-7H2,1-4H3. The molecule has 0 bridgehead atoms. The SMILES string of the molecule is CC(O)N1CCNCC1C(=O)OC(C)(C)C. The van der Waals surface area contributed by atoms with Crippen molar-refractivity contribution in [1.82, 2.24) is 10.2 Å². The lowest BCUT2D eigenvalue weighted by molar-refractivity contribution is -0.166. The lowest BCUT2D eigenvalue weighted by Crippen LogP contribution is -2.58. The Hall–Kier alpha value is -0.650. The molecule has 1 aliphatic heterocycles. The highest BCUT2D eigenvalue weighted by molar-refractivity contribution is 5.76. The minimum atomic E-state index is -0.625. The topological polar surface area (TPSA) is 61.8 Å². The van der Waals surface area contributed by atoms with E-state index in [0.29, 0.717) is 13.1 Å². The molecular formula is C11H22N2O3. The molecule has 2 atom stereocenters. The van der Waals surface area contributed by atoms with Crippen molar-refractivity contribution in [3.8, 4) is 0 Å². The molecule has 1 fully saturated rings. The van der Waals surface area contributed by atoms with Crippen LogP contribution in [0, 0.1) is 0 Å². The Balaban J connectivity index is 2.64. The van der Waals surface area contributed by atoms with Crippen LogP contribution >= 0.6 is 0 Å². The number of carbonyl (C=O) groups excluding carboxylic acids is 1. The highest BCUT2D eigenvalue weighted by atomic mass is 16.6. The summed E-state index contributed by atoms with van der Waals surface area (Å²) < 4.78 is 5.33. The number of nitrogens with one attached hydrogen (secondary N) is 1. The zero-order valence-electron chi connectivity index (χ0n) is 10.5. The molecule has 94 valence electrons. The molecule has 0 aromatic heterocycles. The normalized spacial score (nSPS) is 25.2. The van der Waals surface area contributed by atoms with Crippen molar-refractivity contribution in [2.75, 3.05) is 19.6 Å². The Morgan fingerprint density at radius 2 is 2.19 bits per heavy atom. The van der Waals surface area contributed by atoms with Crippen LogP contribution in [0.1, 0.15) is 27.7 Å². The lowest BCUT2D eigenvalue weighted by atomic mass is 10.1. The van der Waals surface area contributed by atoms with Gasteiger partial charge >= 0.3 is 5.97 Å². The van der Waals surface area contributed by atoms with Crippen LogP contribution in [0.25, 0.3) is 0 Å². The number of nitrogens with zero attached hydrogens (tertiary/aromatic N) is 1. The van der Waals surface area contributed by atoms with Gasteiger partial charge < -0.3 is 15.2 Å². The van der Waals surface area contributed by atoms with Gasteiger partial charge in [0.25, 0.3) is 0 Å². The third kappa shape index (κ3) is 3.73. The molecule has 0 aromatic rings. The number of hydrogen-bond donors (Lipinski definition) is 2. The van der Waals surface area contributed by atoms with Crippen LogP contribution in [-0.2, 0) is 9.53 Å². The van der Waals surface area contributed by atoms with Gasteiger partial charge in [-0.15, -0.1) is 0 Å². The van der Waals surface area contributed by atoms with Crippen LogP contribution in [0.15, 0.2) is 0 Å². The van der Waals surface area contributed by atoms with E-state index in [0.717, 1.165) is 6.54 Å². The first-order valence-corrected chi connectivity index (χ1v) is 5.68. The number of esters is 1. The maximum atomic E-state index is 11.9. The van der Waals surface area contributed by atoms with Crippen molar-refractivity contribution in [2.45, 2.75) is 45.6 Å². The first-order valence-electron chi connectivity index (χ1n) is 5.68. The average molecular weight is 230 g/mol. The monoisotopic (exact) mass is 230 g/mol. The molecule has 1 heterocycles. The van der Waals surface area contributed by atoms with Crippen LogP contribution in [0.5, 0.6) is 0 Å². The maximum Gasteiger partial charge on any atom is 0.325 e. The van der Waals surface area contributed by atoms with Gasteiger partial charge in [-0.05, 0) is 27.7 Å². The maximum absolute atomic E-state index is 11.9. The minimum absolute atomic E-state index is 0.277. The van der Waals surface area contributed by atoms with Crippen LogP contribution in [0.3, 0.4) is 0 Å². The smallest absolute Gasteiger partial charge is 0.325 e. The van der Waals surface area contributed by atoms with Gasteiger partial charge in [-0.2, -0.15) is 0 Å². The molecule has 1 saturated heterocycles. The molecule has 0 aliphatic carbocycles. The Morgan fingerprint density at radius 1 is 1.56 bits per heavy atom. The van der Waals surface area contributed by atoms with E-state index < -0.39 is 17.9 Å². The average Bonchev–Trinajstić information content (AvgIpc) is 2.15. The van der Waals surface area contributed by atoms with Gasteiger partial charge in [0.2, 0.25) is 0 Å². The molecule has 0 spiro atoms. The van der Waals surface area contributed by atoms with E-state index in [9.17, 15) is 9.90 Å². The van der Waals surface area contributed by atoms with E-state index in [1.54, 1.807) is 11.8 Å². The predicted octanol–water partition coefficient (Wildman–Crippen LogP) is -0.0598. The van der Waals surface area contributed by atoms with E-state index in [4.69, 9.17) is 4.74 Å². The van der Waals surface area contributed by atoms with Crippen molar-refractivity contribution in [2.24, 2.45) is 0 Å². The summed E-state index contributed by atoms with van der Waals surface area (Å²) in [6, 6.07) is -0.395. The van der Waals surface area contributed by atoms with Gasteiger partial charge in [0.1, 0.15) is 17.9 Å². The van der Waals surface area contributed by atoms with Gasteiger partial charge in [0, 0.05) is 19.6 Å². The zero-order chi connectivity index (χ0) is 12.3. The fourth-order valence-corrected chi connectivity index (χ4v) is 1.76. The fraction of sp³-hybridized carbons (Fsp3) is 0.909. The van der Waals surface area contributed by atoms with E-state index in [2.05, 4.69) is 5.32 Å². The highest BCUT2D eigenvalue weighted by Gasteiger charge is 2.34. The number of rotatable bonds is 2. The molecule has 0 radical (unpaired) electrons. The van der Waals surface area contributed by atoms with Gasteiger partial charge in [-0.25, -0.2) is 0 Å². The fourth-order valence-electron chi connectivity index (χ4n) is 1.76. The van der Waals surface area contributed by atoms with Crippen LogP contribution in [-0.4, -0.2) is 53.5 Å². The third-order valence-electron chi connectivity index (χ3n) is 2.44. The lowest BCUT2D eigenvalue weighted by Gasteiger charge is -2.37. The molecule has 0 aromatic carbocycles. The molecule has 0 amide bonds. The summed E-state index contributed by atoms with van der Waals surface area (Å²) in [7, 11) is 0. The van der Waals surface area contributed by atoms with Crippen LogP contribution in [0.2, 0.25) is 0 Å². The van der Waals surface area contributed by atoms with Crippen LogP contribution < -0.4 is 5.32 Å². The molecule has 5 nitrogen and oxygen atoms in total. The number of hydrogen-bond acceptors (Lipinski definition) is 5. The van der Waals surface area contributed by atoms with Crippen molar-refractivity contribution in [1.29, 1.82) is 0 Å². The summed E-state index contributed by atoms with van der Waals surface area (Å²) in [6.45, 7) is 9.16. The van der Waals surface area contributed by atoms with E-state index in [1.165, 1.54) is 0 Å². The molecule has 2 N–H and O–H groups in total. The van der Waals surface area contributed by atoms with Crippen LogP contribution in [0.4, 0.5) is 0 Å². The van der Waals surface area contributed by atoms with Gasteiger partial charge in [-0.3, -0.25) is 9.69 Å². The number of carbonyl (C=O) groups is 1. The van der Waals surface area contributed by atoms with E-state index >= 15 is 0 Å². The first-order chi connectivity index (χ1) is 7.31. The molecule has 1 aliphatic rings. The van der Waals surface area contributed by atoms with Gasteiger partial charge in [-0.1, -0.05) is 0 Å². The Bertz CT molecular complexity index is 248. The van der Waals surface area contributed by atoms with Crippen molar-refractivity contribution >= 4 is 5.97 Å². The second-order valence-electron chi connectivity index (χ2n) is 5.12. The quantitative estimate of drug-likeness (QED) is 0.651. The molecule has 5 heteroatoms. The Labute approximate surface area is 96.8 Å². The number of aliphatic hydroxyl groups excluding tert-OH is 1. The number of aliphatic hydroxyl groups is 1. The minimum Gasteiger partial charge on any atom is -0.459 e. The van der Waals surface area contributed by atoms with E-state index in [-0.39, 0.29) is 5.97 Å². The Morgan fingerprint density at radius 3 is 2.69 bits per heavy atom. The molecule has 16 heavy (non-hydrogen) atoms. The summed E-state index contributed by atoms with van der Waals surface area (Å²) in [5.41, 5.74) is -0.487. The summed E-state index contributed by atoms with van der Waals surface area (Å²) >= 11 is 0. The molecule has 1 rings (SSSR count). The third-order valence-corrected chi connectivity index (χ3v) is 2.44. The highest BCUT2D eigenvalue weighted by Crippen LogP contribution is 2.14. The first kappa shape index (κ1) is 13.4. The second kappa shape index (κ2) is 5.12. The second-order valence-corrected chi connectivity index (χ2v) is 5.12. The predicted molar refractivity (Wildman–Crippen MR) is 60.9 cm³/mol. The Kier molecular flexibility index (Phi) is 4.29. The number of piperazine rings is 1. The molecular weight excluding hydrogens is 208 g/mol. The summed E-state index contributed by atoms with van der Waals surface area (Å²) in [6.07, 6.45) is -0.625. The summed E-state index contributed by atoms with van der Waals surface area (Å²) in [5, 5.41) is 12.7. The van der Waals surface area contributed by atoms with Crippen molar-refractivity contribution < 1.29 is 14.6 Å². The molecule has 0 saturated carbocycles. The number of ether oxygens (including phenoxy) is 1. The van der Waals surface area contributed by atoms with Crippen molar-refractivity contribution in [3.05, 3.63) is 0 Å². The largest absolute Gasteiger partial charge is 0.459 e. The zero-order valence-corrected chi connectivity index (χ0v) is 10.5.